The maximum atomic E-state index is 5.95. The van der Waals surface area contributed by atoms with Crippen LogP contribution < -0.4 is 9.64 Å². The summed E-state index contributed by atoms with van der Waals surface area (Å²) in [5.74, 6) is 1.76. The lowest BCUT2D eigenvalue weighted by Gasteiger charge is -2.31. The number of hydrogen-bond acceptors (Lipinski definition) is 9. The number of benzene rings is 1. The fourth-order valence-corrected chi connectivity index (χ4v) is 3.63. The Hall–Kier alpha value is -3.53. The Labute approximate surface area is 182 Å². The van der Waals surface area contributed by atoms with Crippen molar-refractivity contribution in [2.75, 3.05) is 18.0 Å². The molecular formula is C20H19ClN8O2. The number of rotatable bonds is 6. The number of anilines is 1. The highest BCUT2D eigenvalue weighted by atomic mass is 35.5. The van der Waals surface area contributed by atoms with Gasteiger partial charge in [0, 0.05) is 13.1 Å². The number of ether oxygens (including phenoxy) is 1. The highest BCUT2D eigenvalue weighted by Crippen LogP contribution is 2.29. The molecule has 0 aliphatic carbocycles. The molecule has 4 heterocycles. The van der Waals surface area contributed by atoms with Gasteiger partial charge in [-0.2, -0.15) is 15.0 Å². The third-order valence-corrected chi connectivity index (χ3v) is 5.28. The fraction of sp³-hybridized carbons (Fsp3) is 0.300. The zero-order valence-corrected chi connectivity index (χ0v) is 17.3. The van der Waals surface area contributed by atoms with Crippen molar-refractivity contribution in [2.45, 2.75) is 25.5 Å². The van der Waals surface area contributed by atoms with Crippen molar-refractivity contribution in [1.82, 2.24) is 35.2 Å². The Morgan fingerprint density at radius 1 is 1.10 bits per heavy atom. The first-order valence-corrected chi connectivity index (χ1v) is 10.3. The van der Waals surface area contributed by atoms with Crippen LogP contribution in [0.3, 0.4) is 0 Å². The lowest BCUT2D eigenvalue weighted by Crippen LogP contribution is -2.36. The van der Waals surface area contributed by atoms with Crippen molar-refractivity contribution < 1.29 is 9.15 Å². The Kier molecular flexibility index (Phi) is 5.44. The topological polar surface area (TPSA) is 108 Å². The predicted molar refractivity (Wildman–Crippen MR) is 112 cm³/mol. The number of halogens is 1. The highest BCUT2D eigenvalue weighted by Gasteiger charge is 2.23. The van der Waals surface area contributed by atoms with Gasteiger partial charge in [-0.05, 0) is 25.0 Å². The summed E-state index contributed by atoms with van der Waals surface area (Å²) < 4.78 is 11.2. The molecule has 1 aromatic carbocycles. The first kappa shape index (κ1) is 19.4. The van der Waals surface area contributed by atoms with Crippen molar-refractivity contribution in [3.63, 3.8) is 0 Å². The number of para-hydroxylation sites is 1. The summed E-state index contributed by atoms with van der Waals surface area (Å²) in [5.41, 5.74) is 1.49. The van der Waals surface area contributed by atoms with Crippen LogP contribution in [-0.2, 0) is 6.61 Å². The summed E-state index contributed by atoms with van der Waals surface area (Å²) in [5, 5.41) is 17.3. The second kappa shape index (κ2) is 8.68. The second-order valence-electron chi connectivity index (χ2n) is 7.10. The normalized spacial score (nSPS) is 14.7. The van der Waals surface area contributed by atoms with Gasteiger partial charge in [-0.1, -0.05) is 23.7 Å². The molecule has 0 atom stereocenters. The van der Waals surface area contributed by atoms with Gasteiger partial charge in [-0.15, -0.1) is 10.2 Å². The van der Waals surface area contributed by atoms with Gasteiger partial charge >= 0.3 is 0 Å². The van der Waals surface area contributed by atoms with Crippen molar-refractivity contribution in [2.24, 2.45) is 0 Å². The molecule has 5 rings (SSSR count). The minimum Gasteiger partial charge on any atom is -0.486 e. The molecule has 10 nitrogen and oxygen atoms in total. The van der Waals surface area contributed by atoms with Crippen molar-refractivity contribution in [3.8, 4) is 17.2 Å². The SMILES string of the molecule is Clc1cnc(N2CCC(n3ncc(COc4ccccc4-c4nnco4)n3)CC2)nc1. The van der Waals surface area contributed by atoms with E-state index in [0.29, 0.717) is 29.2 Å². The van der Waals surface area contributed by atoms with E-state index in [-0.39, 0.29) is 6.04 Å². The second-order valence-corrected chi connectivity index (χ2v) is 7.54. The molecule has 0 bridgehead atoms. The molecule has 11 heteroatoms. The molecule has 4 aromatic rings. The van der Waals surface area contributed by atoms with Gasteiger partial charge in [-0.3, -0.25) is 0 Å². The quantitative estimate of drug-likeness (QED) is 0.448. The number of nitrogens with zero attached hydrogens (tertiary/aromatic N) is 8. The van der Waals surface area contributed by atoms with Gasteiger partial charge in [0.15, 0.2) is 0 Å². The molecule has 158 valence electrons. The molecule has 0 unspecified atom stereocenters. The van der Waals surface area contributed by atoms with E-state index in [0.717, 1.165) is 37.2 Å². The van der Waals surface area contributed by atoms with Gasteiger partial charge in [0.25, 0.3) is 5.89 Å². The van der Waals surface area contributed by atoms with Gasteiger partial charge in [-0.25, -0.2) is 9.97 Å². The van der Waals surface area contributed by atoms with E-state index in [1.807, 2.05) is 24.3 Å². The third kappa shape index (κ3) is 4.33. The van der Waals surface area contributed by atoms with Crippen LogP contribution in [0.5, 0.6) is 5.75 Å². The number of hydrogen-bond donors (Lipinski definition) is 0. The average molecular weight is 439 g/mol. The van der Waals surface area contributed by atoms with Crippen LogP contribution in [0.15, 0.2) is 53.7 Å². The van der Waals surface area contributed by atoms with Crippen LogP contribution in [0, 0.1) is 0 Å². The standard InChI is InChI=1S/C20H19ClN8O2/c21-14-9-22-20(23-10-14)28-7-5-16(6-8-28)29-25-11-15(27-29)12-30-18-4-2-1-3-17(18)19-26-24-13-31-19/h1-4,9-11,13,16H,5-8,12H2. The molecule has 0 spiro atoms. The van der Waals surface area contributed by atoms with Gasteiger partial charge in [0.1, 0.15) is 18.1 Å². The number of aromatic nitrogens is 7. The first-order valence-electron chi connectivity index (χ1n) is 9.88. The Morgan fingerprint density at radius 2 is 1.90 bits per heavy atom. The van der Waals surface area contributed by atoms with Crippen LogP contribution in [-0.4, -0.2) is 48.2 Å². The van der Waals surface area contributed by atoms with E-state index >= 15 is 0 Å². The molecule has 3 aromatic heterocycles. The molecule has 0 radical (unpaired) electrons. The van der Waals surface area contributed by atoms with Crippen LogP contribution in [0.1, 0.15) is 24.6 Å². The Balaban J connectivity index is 1.19. The van der Waals surface area contributed by atoms with E-state index < -0.39 is 0 Å². The minimum absolute atomic E-state index is 0.225. The molecule has 0 saturated carbocycles. The lowest BCUT2D eigenvalue weighted by atomic mass is 10.1. The van der Waals surface area contributed by atoms with Gasteiger partial charge in [0.05, 0.1) is 35.2 Å². The molecule has 0 N–H and O–H groups in total. The van der Waals surface area contributed by atoms with Crippen LogP contribution in [0.2, 0.25) is 5.02 Å². The van der Waals surface area contributed by atoms with Crippen LogP contribution in [0.25, 0.3) is 11.5 Å². The summed E-state index contributed by atoms with van der Waals surface area (Å²) in [6.07, 6.45) is 8.08. The molecule has 0 amide bonds. The first-order chi connectivity index (χ1) is 15.3. The third-order valence-electron chi connectivity index (χ3n) is 5.09. The maximum Gasteiger partial charge on any atom is 0.251 e. The van der Waals surface area contributed by atoms with Gasteiger partial charge < -0.3 is 14.1 Å². The summed E-state index contributed by atoms with van der Waals surface area (Å²) in [7, 11) is 0. The van der Waals surface area contributed by atoms with E-state index in [9.17, 15) is 0 Å². The Morgan fingerprint density at radius 3 is 2.68 bits per heavy atom. The highest BCUT2D eigenvalue weighted by molar-refractivity contribution is 6.30. The van der Waals surface area contributed by atoms with E-state index in [1.54, 1.807) is 23.4 Å². The monoisotopic (exact) mass is 438 g/mol. The number of piperidine rings is 1. The molecule has 1 fully saturated rings. The summed E-state index contributed by atoms with van der Waals surface area (Å²) in [6.45, 7) is 1.96. The predicted octanol–water partition coefficient (Wildman–Crippen LogP) is 3.19. The maximum absolute atomic E-state index is 5.95. The molecule has 31 heavy (non-hydrogen) atoms. The lowest BCUT2D eigenvalue weighted by molar-refractivity contribution is 0.292. The smallest absolute Gasteiger partial charge is 0.251 e. The zero-order chi connectivity index (χ0) is 21.0. The molecular weight excluding hydrogens is 420 g/mol. The Bertz CT molecular complexity index is 1120. The average Bonchev–Trinajstić information content (AvgIpc) is 3.51. The van der Waals surface area contributed by atoms with Gasteiger partial charge in [0.2, 0.25) is 12.3 Å². The summed E-state index contributed by atoms with van der Waals surface area (Å²) >= 11 is 5.87. The van der Waals surface area contributed by atoms with E-state index in [4.69, 9.17) is 20.8 Å². The fourth-order valence-electron chi connectivity index (χ4n) is 3.53. The minimum atomic E-state index is 0.225. The van der Waals surface area contributed by atoms with Crippen molar-refractivity contribution in [1.29, 1.82) is 0 Å². The van der Waals surface area contributed by atoms with E-state index in [2.05, 4.69) is 35.3 Å². The van der Waals surface area contributed by atoms with E-state index in [1.165, 1.54) is 6.39 Å². The summed E-state index contributed by atoms with van der Waals surface area (Å²) in [6, 6.07) is 7.74. The molecule has 1 aliphatic rings. The molecule has 1 saturated heterocycles. The zero-order valence-electron chi connectivity index (χ0n) is 16.5. The summed E-state index contributed by atoms with van der Waals surface area (Å²) in [4.78, 5) is 12.5. The van der Waals surface area contributed by atoms with Crippen LogP contribution in [0.4, 0.5) is 5.95 Å². The van der Waals surface area contributed by atoms with Crippen molar-refractivity contribution >= 4 is 17.5 Å². The molecule has 1 aliphatic heterocycles. The van der Waals surface area contributed by atoms with Crippen LogP contribution >= 0.6 is 11.6 Å². The van der Waals surface area contributed by atoms with Crippen molar-refractivity contribution in [3.05, 3.63) is 60.0 Å². The largest absolute Gasteiger partial charge is 0.486 e.